The van der Waals surface area contributed by atoms with Gasteiger partial charge in [0.05, 0.1) is 47.6 Å². The number of carbonyl (C=O) groups excluding carboxylic acids is 1. The van der Waals surface area contributed by atoms with Crippen molar-refractivity contribution in [2.75, 3.05) is 16.8 Å². The summed E-state index contributed by atoms with van der Waals surface area (Å²) in [5.41, 5.74) is 1.74. The molecule has 2 atom stereocenters. The van der Waals surface area contributed by atoms with Crippen molar-refractivity contribution >= 4 is 52.9 Å². The van der Waals surface area contributed by atoms with Gasteiger partial charge in [0.25, 0.3) is 0 Å². The molecule has 0 aliphatic carbocycles. The summed E-state index contributed by atoms with van der Waals surface area (Å²) in [6.07, 6.45) is 5.25. The molecule has 1 aliphatic rings. The number of hydrogen-bond acceptors (Lipinski definition) is 5. The number of nitrogens with zero attached hydrogens (tertiary/aromatic N) is 6. The number of anilines is 2. The van der Waals surface area contributed by atoms with Crippen LogP contribution < -0.4 is 10.2 Å². The molecule has 1 aromatic carbocycles. The molecule has 1 saturated heterocycles. The number of rotatable bonds is 7. The molecule has 2 amide bonds. The number of benzene rings is 1. The number of urea groups is 1. The van der Waals surface area contributed by atoms with Crippen molar-refractivity contribution in [3.63, 3.8) is 0 Å². The van der Waals surface area contributed by atoms with Crippen molar-refractivity contribution < 1.29 is 4.79 Å². The molecule has 1 aliphatic heterocycles. The molecule has 6 radical (unpaired) electrons. The molecule has 0 saturated carbocycles. The Morgan fingerprint density at radius 3 is 2.47 bits per heavy atom. The fraction of sp³-hybridized carbons (Fsp3) is 0.364. The summed E-state index contributed by atoms with van der Waals surface area (Å²) >= 11 is 5.98. The van der Waals surface area contributed by atoms with E-state index in [0.29, 0.717) is 23.3 Å². The van der Waals surface area contributed by atoms with Crippen LogP contribution in [0.1, 0.15) is 32.5 Å². The van der Waals surface area contributed by atoms with Crippen molar-refractivity contribution in [3.05, 3.63) is 59.8 Å². The summed E-state index contributed by atoms with van der Waals surface area (Å²) in [6.45, 7) is 6.28. The first-order valence-electron chi connectivity index (χ1n) is 10.9. The van der Waals surface area contributed by atoms with Crippen molar-refractivity contribution in [1.82, 2.24) is 24.4 Å². The molecular weight excluding hydrogens is 446 g/mol. The monoisotopic (exact) mass is 469 g/mol. The van der Waals surface area contributed by atoms with Crippen molar-refractivity contribution in [2.24, 2.45) is 5.92 Å². The maximum Gasteiger partial charge on any atom is 0.324 e. The molecule has 1 fully saturated rings. The number of amides is 2. The molecule has 1 unspecified atom stereocenters. The van der Waals surface area contributed by atoms with E-state index in [-0.39, 0.29) is 18.0 Å². The fourth-order valence-corrected chi connectivity index (χ4v) is 3.98. The fourth-order valence-electron chi connectivity index (χ4n) is 3.86. The molecule has 3 aromatic rings. The van der Waals surface area contributed by atoms with Gasteiger partial charge in [0.15, 0.2) is 0 Å². The van der Waals surface area contributed by atoms with E-state index in [4.69, 9.17) is 35.1 Å². The lowest BCUT2D eigenvalue weighted by molar-refractivity contribution is 0.220. The molecule has 4 rings (SSSR count). The van der Waals surface area contributed by atoms with Gasteiger partial charge in [-0.15, -0.1) is 0 Å². The average molecular weight is 469 g/mol. The Hall–Kier alpha value is -2.94. The molecule has 168 valence electrons. The minimum atomic E-state index is -1.76. The van der Waals surface area contributed by atoms with Gasteiger partial charge in [0.2, 0.25) is 5.95 Å². The van der Waals surface area contributed by atoms with Crippen LogP contribution in [0.2, 0.25) is 5.02 Å². The summed E-state index contributed by atoms with van der Waals surface area (Å²) in [5, 5.41) is 2.16. The SMILES string of the molecule is [B]C([B])([B])N1CC(C(C)C)N(c2ccnc(N[C@@H](C)c3cn(-c4ccc(Cl)cc4)cn3)n2)C1=O. The minimum absolute atomic E-state index is 0.124. The van der Waals surface area contributed by atoms with Gasteiger partial charge in [-0.1, -0.05) is 30.7 Å². The second kappa shape index (κ2) is 9.37. The van der Waals surface area contributed by atoms with Crippen LogP contribution in [0.5, 0.6) is 0 Å². The summed E-state index contributed by atoms with van der Waals surface area (Å²) in [7, 11) is 17.5. The Kier molecular flexibility index (Phi) is 6.67. The van der Waals surface area contributed by atoms with E-state index in [0.717, 1.165) is 11.4 Å². The van der Waals surface area contributed by atoms with Gasteiger partial charge in [0, 0.05) is 29.6 Å². The number of halogens is 1. The number of aromatic nitrogens is 4. The molecule has 0 spiro atoms. The standard InChI is InChI=1S/C22H23B3ClN7O/c1-13(2)18-11-32(22(23,24)25)21(34)33(18)19-8-9-27-20(30-19)29-14(3)17-10-31(12-28-17)16-6-4-15(26)5-7-16/h4-10,12-14,18H,11H2,1-3H3,(H,27,29,30)/t14-,18?/m0/s1. The molecule has 12 heteroatoms. The molecule has 34 heavy (non-hydrogen) atoms. The molecule has 1 N–H and O–H groups in total. The second-order valence-corrected chi connectivity index (χ2v) is 9.18. The van der Waals surface area contributed by atoms with E-state index in [9.17, 15) is 4.79 Å². The van der Waals surface area contributed by atoms with Crippen LogP contribution in [-0.2, 0) is 0 Å². The summed E-state index contributed by atoms with van der Waals surface area (Å²) in [4.78, 5) is 29.3. The van der Waals surface area contributed by atoms with Crippen LogP contribution in [0, 0.1) is 5.92 Å². The summed E-state index contributed by atoms with van der Waals surface area (Å²) < 4.78 is 1.91. The quantitative estimate of drug-likeness (QED) is 0.539. The highest BCUT2D eigenvalue weighted by Gasteiger charge is 2.43. The van der Waals surface area contributed by atoms with Crippen LogP contribution in [-0.4, -0.2) is 71.8 Å². The van der Waals surface area contributed by atoms with E-state index < -0.39 is 11.3 Å². The zero-order valence-corrected chi connectivity index (χ0v) is 20.0. The Labute approximate surface area is 208 Å². The van der Waals surface area contributed by atoms with E-state index >= 15 is 0 Å². The van der Waals surface area contributed by atoms with Crippen LogP contribution in [0.3, 0.4) is 0 Å². The maximum absolute atomic E-state index is 13.1. The first-order valence-corrected chi connectivity index (χ1v) is 11.3. The molecular formula is C22H23B3ClN7O. The Morgan fingerprint density at radius 1 is 1.12 bits per heavy atom. The number of hydrogen-bond donors (Lipinski definition) is 1. The molecule has 2 aromatic heterocycles. The Morgan fingerprint density at radius 2 is 1.82 bits per heavy atom. The highest BCUT2D eigenvalue weighted by molar-refractivity contribution is 6.59. The number of nitrogens with one attached hydrogen (secondary N) is 1. The van der Waals surface area contributed by atoms with Crippen molar-refractivity contribution in [2.45, 2.75) is 38.1 Å². The second-order valence-electron chi connectivity index (χ2n) is 8.75. The summed E-state index contributed by atoms with van der Waals surface area (Å²) in [5.74, 6) is 0.921. The lowest BCUT2D eigenvalue weighted by Gasteiger charge is -2.33. The summed E-state index contributed by atoms with van der Waals surface area (Å²) in [6, 6.07) is 8.37. The third-order valence-corrected chi connectivity index (χ3v) is 6.03. The van der Waals surface area contributed by atoms with Gasteiger partial charge in [-0.2, -0.15) is 4.98 Å². The Bertz CT molecular complexity index is 1170. The Balaban J connectivity index is 1.53. The van der Waals surface area contributed by atoms with Gasteiger partial charge in [-0.3, -0.25) is 4.90 Å². The molecule has 3 heterocycles. The zero-order valence-electron chi connectivity index (χ0n) is 19.3. The normalized spacial score (nSPS) is 17.4. The lowest BCUT2D eigenvalue weighted by Crippen LogP contribution is -2.52. The predicted molar refractivity (Wildman–Crippen MR) is 136 cm³/mol. The van der Waals surface area contributed by atoms with E-state index in [1.807, 2.05) is 55.8 Å². The molecule has 0 bridgehead atoms. The highest BCUT2D eigenvalue weighted by Crippen LogP contribution is 2.30. The van der Waals surface area contributed by atoms with Crippen LogP contribution >= 0.6 is 11.6 Å². The molecule has 8 nitrogen and oxygen atoms in total. The largest absolute Gasteiger partial charge is 0.346 e. The zero-order chi connectivity index (χ0) is 24.6. The van der Waals surface area contributed by atoms with Gasteiger partial charge in [0.1, 0.15) is 5.82 Å². The third-order valence-electron chi connectivity index (χ3n) is 5.78. The van der Waals surface area contributed by atoms with Gasteiger partial charge in [-0.05, 0) is 43.2 Å². The van der Waals surface area contributed by atoms with E-state index in [1.165, 1.54) is 4.90 Å². The predicted octanol–water partition coefficient (Wildman–Crippen LogP) is 2.87. The van der Waals surface area contributed by atoms with E-state index in [2.05, 4.69) is 20.3 Å². The smallest absolute Gasteiger partial charge is 0.324 e. The first-order chi connectivity index (χ1) is 16.0. The highest BCUT2D eigenvalue weighted by atomic mass is 35.5. The third kappa shape index (κ3) is 4.94. The number of imidazole rings is 1. The minimum Gasteiger partial charge on any atom is -0.346 e. The van der Waals surface area contributed by atoms with Gasteiger partial charge in [-0.25, -0.2) is 14.8 Å². The van der Waals surface area contributed by atoms with Crippen LogP contribution in [0.4, 0.5) is 16.6 Å². The van der Waals surface area contributed by atoms with Gasteiger partial charge < -0.3 is 14.8 Å². The lowest BCUT2D eigenvalue weighted by atomic mass is 9.48. The van der Waals surface area contributed by atoms with E-state index in [1.54, 1.807) is 23.5 Å². The topological polar surface area (TPSA) is 79.2 Å². The first kappa shape index (κ1) is 24.2. The van der Waals surface area contributed by atoms with Crippen LogP contribution in [0.25, 0.3) is 5.69 Å². The van der Waals surface area contributed by atoms with Gasteiger partial charge >= 0.3 is 6.03 Å². The average Bonchev–Trinajstić information content (AvgIpc) is 3.39. The van der Waals surface area contributed by atoms with Crippen molar-refractivity contribution in [1.29, 1.82) is 0 Å². The maximum atomic E-state index is 13.1. The number of carbonyl (C=O) groups is 1. The van der Waals surface area contributed by atoms with Crippen LogP contribution in [0.15, 0.2) is 49.1 Å². The van der Waals surface area contributed by atoms with Crippen molar-refractivity contribution in [3.8, 4) is 5.69 Å².